The summed E-state index contributed by atoms with van der Waals surface area (Å²) in [6.45, 7) is 5.33. The van der Waals surface area contributed by atoms with Crippen LogP contribution in [0, 0.1) is 5.92 Å². The zero-order valence-electron chi connectivity index (χ0n) is 21.7. The van der Waals surface area contributed by atoms with Gasteiger partial charge < -0.3 is 20.5 Å². The summed E-state index contributed by atoms with van der Waals surface area (Å²) >= 11 is 0. The quantitative estimate of drug-likeness (QED) is 0.422. The molecule has 3 heterocycles. The molecule has 2 aliphatic rings. The number of hydrogen-bond acceptors (Lipinski definition) is 7. The number of aryl methyl sites for hydroxylation is 1. The standard InChI is InChI=1S/C28H39N5O4/c1-2-3-14-32(15-4-11-29)26(34)19-33-18-22(20-6-8-24-21(17-20)10-16-37-24)27(28(35)36)23(33)7-9-25-30-12-5-13-31-25/h5-6,8,12-13,17,22-23,27H,2-4,7,9-11,14-16,18-19,29H2,1H3,(H,35,36)/t22-,23?,27-/m1/s1. The number of carbonyl (C=O) groups is 2. The summed E-state index contributed by atoms with van der Waals surface area (Å²) < 4.78 is 5.66. The molecule has 1 amide bonds. The number of carboxylic acids is 1. The van der Waals surface area contributed by atoms with E-state index in [1.165, 1.54) is 0 Å². The van der Waals surface area contributed by atoms with Crippen LogP contribution in [0.3, 0.4) is 0 Å². The summed E-state index contributed by atoms with van der Waals surface area (Å²) in [5, 5.41) is 10.4. The van der Waals surface area contributed by atoms with E-state index in [0.29, 0.717) is 51.5 Å². The van der Waals surface area contributed by atoms with E-state index in [1.807, 2.05) is 17.0 Å². The fourth-order valence-corrected chi connectivity index (χ4v) is 5.63. The Morgan fingerprint density at radius 3 is 2.73 bits per heavy atom. The van der Waals surface area contributed by atoms with Crippen molar-refractivity contribution in [2.45, 2.75) is 57.4 Å². The van der Waals surface area contributed by atoms with E-state index in [4.69, 9.17) is 10.5 Å². The molecule has 0 aliphatic carbocycles. The van der Waals surface area contributed by atoms with Crippen molar-refractivity contribution >= 4 is 11.9 Å². The predicted octanol–water partition coefficient (Wildman–Crippen LogP) is 2.49. The van der Waals surface area contributed by atoms with Crippen molar-refractivity contribution in [3.05, 3.63) is 53.6 Å². The highest BCUT2D eigenvalue weighted by Gasteiger charge is 2.47. The number of carbonyl (C=O) groups excluding carboxylic acids is 1. The molecule has 9 heteroatoms. The van der Waals surface area contributed by atoms with E-state index < -0.39 is 11.9 Å². The first-order valence-electron chi connectivity index (χ1n) is 13.5. The first-order valence-corrected chi connectivity index (χ1v) is 13.5. The Bertz CT molecular complexity index is 1040. The Hall–Kier alpha value is -3.04. The number of unbranched alkanes of at least 4 members (excludes halogenated alkanes) is 1. The van der Waals surface area contributed by atoms with Crippen LogP contribution in [0.15, 0.2) is 36.7 Å². The molecule has 2 aromatic rings. The van der Waals surface area contributed by atoms with E-state index >= 15 is 0 Å². The van der Waals surface area contributed by atoms with Crippen LogP contribution in [-0.2, 0) is 22.4 Å². The molecule has 0 saturated carbocycles. The second-order valence-electron chi connectivity index (χ2n) is 10.0. The minimum atomic E-state index is -0.832. The number of fused-ring (bicyclic) bond motifs is 1. The van der Waals surface area contributed by atoms with Crippen LogP contribution in [0.25, 0.3) is 0 Å². The minimum absolute atomic E-state index is 0.0370. The van der Waals surface area contributed by atoms with Gasteiger partial charge in [-0.3, -0.25) is 14.5 Å². The van der Waals surface area contributed by atoms with Gasteiger partial charge in [0.25, 0.3) is 0 Å². The summed E-state index contributed by atoms with van der Waals surface area (Å²) in [4.78, 5) is 38.8. The molecular formula is C28H39N5O4. The van der Waals surface area contributed by atoms with Crippen LogP contribution in [0.2, 0.25) is 0 Å². The maximum Gasteiger partial charge on any atom is 0.308 e. The molecule has 1 unspecified atom stereocenters. The van der Waals surface area contributed by atoms with Crippen LogP contribution in [0.4, 0.5) is 0 Å². The second kappa shape index (κ2) is 13.0. The average molecular weight is 510 g/mol. The van der Waals surface area contributed by atoms with Gasteiger partial charge in [0, 0.05) is 56.8 Å². The topological polar surface area (TPSA) is 122 Å². The first kappa shape index (κ1) is 27.0. The van der Waals surface area contributed by atoms with Crippen LogP contribution in [-0.4, -0.2) is 82.1 Å². The Morgan fingerprint density at radius 1 is 1.22 bits per heavy atom. The molecule has 3 atom stereocenters. The monoisotopic (exact) mass is 509 g/mol. The highest BCUT2D eigenvalue weighted by atomic mass is 16.5. The lowest BCUT2D eigenvalue weighted by Gasteiger charge is -2.29. The fourth-order valence-electron chi connectivity index (χ4n) is 5.63. The normalized spacial score (nSPS) is 21.0. The van der Waals surface area contributed by atoms with Crippen molar-refractivity contribution in [1.29, 1.82) is 0 Å². The highest BCUT2D eigenvalue weighted by molar-refractivity contribution is 5.79. The number of hydrogen-bond donors (Lipinski definition) is 2. The molecule has 1 aromatic heterocycles. The number of aromatic nitrogens is 2. The molecule has 1 fully saturated rings. The number of likely N-dealkylation sites (tertiary alicyclic amines) is 1. The summed E-state index contributed by atoms with van der Waals surface area (Å²) in [6, 6.07) is 7.51. The Morgan fingerprint density at radius 2 is 2.00 bits per heavy atom. The largest absolute Gasteiger partial charge is 0.493 e. The number of nitrogens with two attached hydrogens (primary N) is 1. The molecule has 0 bridgehead atoms. The number of benzene rings is 1. The van der Waals surface area contributed by atoms with Crippen LogP contribution in [0.1, 0.15) is 55.5 Å². The fraction of sp³-hybridized carbons (Fsp3) is 0.571. The molecular weight excluding hydrogens is 470 g/mol. The van der Waals surface area contributed by atoms with Crippen LogP contribution in [0.5, 0.6) is 5.75 Å². The van der Waals surface area contributed by atoms with E-state index in [9.17, 15) is 14.7 Å². The van der Waals surface area contributed by atoms with Crippen molar-refractivity contribution < 1.29 is 19.4 Å². The number of ether oxygens (including phenoxy) is 1. The molecule has 4 rings (SSSR count). The highest BCUT2D eigenvalue weighted by Crippen LogP contribution is 2.41. The molecule has 9 nitrogen and oxygen atoms in total. The molecule has 0 spiro atoms. The number of rotatable bonds is 13. The zero-order chi connectivity index (χ0) is 26.2. The molecule has 0 radical (unpaired) electrons. The van der Waals surface area contributed by atoms with Gasteiger partial charge in [0.15, 0.2) is 0 Å². The third-order valence-electron chi connectivity index (χ3n) is 7.56. The van der Waals surface area contributed by atoms with E-state index in [0.717, 1.165) is 42.6 Å². The third-order valence-corrected chi connectivity index (χ3v) is 7.56. The van der Waals surface area contributed by atoms with E-state index in [1.54, 1.807) is 18.5 Å². The van der Waals surface area contributed by atoms with Crippen molar-refractivity contribution in [1.82, 2.24) is 19.8 Å². The molecule has 1 aromatic carbocycles. The van der Waals surface area contributed by atoms with Gasteiger partial charge in [-0.2, -0.15) is 0 Å². The number of nitrogens with zero attached hydrogens (tertiary/aromatic N) is 4. The maximum atomic E-state index is 13.5. The van der Waals surface area contributed by atoms with Crippen molar-refractivity contribution in [3.63, 3.8) is 0 Å². The summed E-state index contributed by atoms with van der Waals surface area (Å²) in [5.41, 5.74) is 7.85. The number of carboxylic acid groups (broad SMARTS) is 1. The van der Waals surface area contributed by atoms with Gasteiger partial charge in [-0.05, 0) is 49.1 Å². The minimum Gasteiger partial charge on any atom is -0.493 e. The lowest BCUT2D eigenvalue weighted by atomic mass is 9.83. The molecule has 3 N–H and O–H groups in total. The van der Waals surface area contributed by atoms with Crippen molar-refractivity contribution in [2.75, 3.05) is 39.3 Å². The second-order valence-corrected chi connectivity index (χ2v) is 10.0. The Balaban J connectivity index is 1.59. The molecule has 2 aliphatic heterocycles. The lowest BCUT2D eigenvalue weighted by Crippen LogP contribution is -2.45. The van der Waals surface area contributed by atoms with Crippen LogP contribution < -0.4 is 10.5 Å². The molecule has 37 heavy (non-hydrogen) atoms. The van der Waals surface area contributed by atoms with Gasteiger partial charge >= 0.3 is 5.97 Å². The zero-order valence-corrected chi connectivity index (χ0v) is 21.7. The summed E-state index contributed by atoms with van der Waals surface area (Å²) in [6.07, 6.45) is 8.04. The molecule has 200 valence electrons. The van der Waals surface area contributed by atoms with Gasteiger partial charge in [0.1, 0.15) is 11.6 Å². The van der Waals surface area contributed by atoms with Gasteiger partial charge in [0.2, 0.25) is 5.91 Å². The Labute approximate surface area is 219 Å². The summed E-state index contributed by atoms with van der Waals surface area (Å²) in [5.74, 6) is -0.0823. The molecule has 1 saturated heterocycles. The SMILES string of the molecule is CCCCN(CCCN)C(=O)CN1C[C@H](c2ccc3c(c2)CCO3)[C@@H](C(=O)O)C1CCc1ncccn1. The van der Waals surface area contributed by atoms with Gasteiger partial charge in [0.05, 0.1) is 19.1 Å². The Kier molecular flexibility index (Phi) is 9.46. The average Bonchev–Trinajstić information content (AvgIpc) is 3.52. The maximum absolute atomic E-state index is 13.5. The van der Waals surface area contributed by atoms with Crippen molar-refractivity contribution in [2.24, 2.45) is 11.7 Å². The summed E-state index contributed by atoms with van der Waals surface area (Å²) in [7, 11) is 0. The predicted molar refractivity (Wildman–Crippen MR) is 140 cm³/mol. The van der Waals surface area contributed by atoms with E-state index in [-0.39, 0.29) is 24.4 Å². The van der Waals surface area contributed by atoms with Gasteiger partial charge in [-0.15, -0.1) is 0 Å². The van der Waals surface area contributed by atoms with Crippen LogP contribution >= 0.6 is 0 Å². The van der Waals surface area contributed by atoms with Crippen molar-refractivity contribution in [3.8, 4) is 5.75 Å². The third kappa shape index (κ3) is 6.64. The number of aliphatic carboxylic acids is 1. The van der Waals surface area contributed by atoms with Gasteiger partial charge in [-0.25, -0.2) is 9.97 Å². The lowest BCUT2D eigenvalue weighted by molar-refractivity contribution is -0.143. The number of amides is 1. The first-order chi connectivity index (χ1) is 18.0. The smallest absolute Gasteiger partial charge is 0.308 e. The van der Waals surface area contributed by atoms with Gasteiger partial charge in [-0.1, -0.05) is 25.5 Å². The van der Waals surface area contributed by atoms with E-state index in [2.05, 4.69) is 27.9 Å².